The van der Waals surface area contributed by atoms with E-state index in [1.807, 2.05) is 48.5 Å². The number of hydrogen-bond acceptors (Lipinski definition) is 3. The van der Waals surface area contributed by atoms with Gasteiger partial charge in [0.25, 0.3) is 0 Å². The number of aromatic nitrogens is 2. The molecule has 0 saturated heterocycles. The lowest BCUT2D eigenvalue weighted by Crippen LogP contribution is -2.24. The average molecular weight is 320 g/mol. The van der Waals surface area contributed by atoms with Gasteiger partial charge in [-0.15, -0.1) is 0 Å². The van der Waals surface area contributed by atoms with Crippen LogP contribution in [-0.4, -0.2) is 21.5 Å². The maximum Gasteiger partial charge on any atom is 0.340 e. The van der Waals surface area contributed by atoms with Crippen molar-refractivity contribution in [2.24, 2.45) is 7.05 Å². The van der Waals surface area contributed by atoms with Crippen LogP contribution in [0, 0.1) is 0 Å². The molecule has 0 aliphatic heterocycles. The van der Waals surface area contributed by atoms with E-state index in [1.165, 1.54) is 0 Å². The average Bonchev–Trinajstić information content (AvgIpc) is 2.95. The van der Waals surface area contributed by atoms with Crippen LogP contribution in [0.3, 0.4) is 0 Å². The van der Waals surface area contributed by atoms with Crippen LogP contribution >= 0.6 is 0 Å². The minimum atomic E-state index is -0.408. The van der Waals surface area contributed by atoms with Crippen molar-refractivity contribution in [2.45, 2.75) is 6.92 Å². The predicted molar refractivity (Wildman–Crippen MR) is 93.6 cm³/mol. The Morgan fingerprint density at radius 1 is 1.00 bits per heavy atom. The summed E-state index contributed by atoms with van der Waals surface area (Å²) in [4.78, 5) is 25.6. The highest BCUT2D eigenvalue weighted by atomic mass is 16.5. The van der Waals surface area contributed by atoms with E-state index in [4.69, 9.17) is 4.74 Å². The summed E-state index contributed by atoms with van der Waals surface area (Å²) in [5.74, 6) is -0.408. The highest BCUT2D eigenvalue weighted by Crippen LogP contribution is 2.30. The number of para-hydroxylation sites is 2. The maximum absolute atomic E-state index is 12.9. The van der Waals surface area contributed by atoms with Crippen LogP contribution in [0.2, 0.25) is 0 Å². The van der Waals surface area contributed by atoms with Crippen LogP contribution in [0.5, 0.6) is 0 Å². The Kier molecular flexibility index (Phi) is 3.16. The number of ether oxygens (including phenoxy) is 1. The molecule has 0 saturated carbocycles. The van der Waals surface area contributed by atoms with Gasteiger partial charge in [0.2, 0.25) is 0 Å². The van der Waals surface area contributed by atoms with Crippen LogP contribution in [0.25, 0.3) is 27.3 Å². The quantitative estimate of drug-likeness (QED) is 0.533. The Morgan fingerprint density at radius 3 is 2.33 bits per heavy atom. The summed E-state index contributed by atoms with van der Waals surface area (Å²) >= 11 is 0. The standard InChI is InChI=1S/C19H16N2O3/c1-3-24-18(22)16-12-8-4-7-11-15(12)21-17(16)13-9-5-6-10-14(13)20(2)19(21)23/h4-11H,3H2,1-2H3. The summed E-state index contributed by atoms with van der Waals surface area (Å²) in [7, 11) is 1.74. The zero-order valence-corrected chi connectivity index (χ0v) is 13.4. The third-order valence-electron chi connectivity index (χ3n) is 4.35. The molecule has 0 unspecified atom stereocenters. The van der Waals surface area contributed by atoms with Gasteiger partial charge in [0.05, 0.1) is 28.7 Å². The van der Waals surface area contributed by atoms with E-state index in [0.717, 1.165) is 16.3 Å². The van der Waals surface area contributed by atoms with E-state index in [0.29, 0.717) is 16.6 Å². The third kappa shape index (κ3) is 1.81. The fourth-order valence-electron chi connectivity index (χ4n) is 3.32. The molecule has 0 aliphatic rings. The number of esters is 1. The molecule has 0 N–H and O–H groups in total. The molecule has 0 bridgehead atoms. The molecule has 120 valence electrons. The predicted octanol–water partition coefficient (Wildman–Crippen LogP) is 3.12. The lowest BCUT2D eigenvalue weighted by atomic mass is 10.1. The number of carbonyl (C=O) groups is 1. The first kappa shape index (κ1) is 14.5. The molecule has 0 aliphatic carbocycles. The molecule has 4 rings (SSSR count). The van der Waals surface area contributed by atoms with Crippen molar-refractivity contribution in [2.75, 3.05) is 6.61 Å². The summed E-state index contributed by atoms with van der Waals surface area (Å²) in [5.41, 5.74) is 2.36. The van der Waals surface area contributed by atoms with Gasteiger partial charge in [0.15, 0.2) is 0 Å². The van der Waals surface area contributed by atoms with E-state index in [2.05, 4.69) is 0 Å². The van der Waals surface area contributed by atoms with Gasteiger partial charge in [-0.2, -0.15) is 0 Å². The van der Waals surface area contributed by atoms with Crippen molar-refractivity contribution in [3.8, 4) is 0 Å². The molecule has 5 nitrogen and oxygen atoms in total. The van der Waals surface area contributed by atoms with Crippen LogP contribution in [0.1, 0.15) is 17.3 Å². The zero-order chi connectivity index (χ0) is 16.8. The van der Waals surface area contributed by atoms with Gasteiger partial charge in [-0.3, -0.25) is 8.97 Å². The first-order valence-electron chi connectivity index (χ1n) is 7.83. The van der Waals surface area contributed by atoms with Crippen molar-refractivity contribution in [1.29, 1.82) is 0 Å². The molecule has 4 aromatic rings. The first-order chi connectivity index (χ1) is 11.6. The fourth-order valence-corrected chi connectivity index (χ4v) is 3.32. The van der Waals surface area contributed by atoms with Gasteiger partial charge in [-0.25, -0.2) is 9.59 Å². The highest BCUT2D eigenvalue weighted by Gasteiger charge is 2.23. The third-order valence-corrected chi connectivity index (χ3v) is 4.35. The molecule has 24 heavy (non-hydrogen) atoms. The van der Waals surface area contributed by atoms with Crippen molar-refractivity contribution in [3.05, 3.63) is 64.6 Å². The van der Waals surface area contributed by atoms with Gasteiger partial charge in [0.1, 0.15) is 0 Å². The van der Waals surface area contributed by atoms with E-state index in [9.17, 15) is 9.59 Å². The Morgan fingerprint density at radius 2 is 1.62 bits per heavy atom. The largest absolute Gasteiger partial charge is 0.462 e. The molecule has 0 atom stereocenters. The molecular weight excluding hydrogens is 304 g/mol. The number of nitrogens with zero attached hydrogens (tertiary/aromatic N) is 2. The zero-order valence-electron chi connectivity index (χ0n) is 13.4. The topological polar surface area (TPSA) is 52.7 Å². The Labute approximate surface area is 137 Å². The number of carbonyl (C=O) groups excluding carboxylic acids is 1. The second-order valence-electron chi connectivity index (χ2n) is 5.66. The number of fused-ring (bicyclic) bond motifs is 5. The van der Waals surface area contributed by atoms with Crippen molar-refractivity contribution in [3.63, 3.8) is 0 Å². The monoisotopic (exact) mass is 320 g/mol. The molecule has 0 radical (unpaired) electrons. The highest BCUT2D eigenvalue weighted by molar-refractivity contribution is 6.17. The van der Waals surface area contributed by atoms with Crippen LogP contribution in [0.15, 0.2) is 53.3 Å². The van der Waals surface area contributed by atoms with Crippen LogP contribution in [0.4, 0.5) is 0 Å². The fraction of sp³-hybridized carbons (Fsp3) is 0.158. The summed E-state index contributed by atoms with van der Waals surface area (Å²) < 4.78 is 8.46. The van der Waals surface area contributed by atoms with Crippen molar-refractivity contribution < 1.29 is 9.53 Å². The minimum absolute atomic E-state index is 0.185. The summed E-state index contributed by atoms with van der Waals surface area (Å²) in [5, 5.41) is 1.57. The molecule has 2 aromatic heterocycles. The SMILES string of the molecule is CCOC(=O)c1c2ccccc2n2c(=O)n(C)c3ccccc3c12. The summed E-state index contributed by atoms with van der Waals surface area (Å²) in [6.07, 6.45) is 0. The Balaban J connectivity index is 2.36. The van der Waals surface area contributed by atoms with E-state index in [-0.39, 0.29) is 12.3 Å². The molecule has 2 heterocycles. The first-order valence-corrected chi connectivity index (χ1v) is 7.83. The lowest BCUT2D eigenvalue weighted by molar-refractivity contribution is 0.0531. The number of rotatable bonds is 2. The number of aryl methyl sites for hydroxylation is 1. The van der Waals surface area contributed by atoms with Crippen molar-refractivity contribution >= 4 is 33.3 Å². The minimum Gasteiger partial charge on any atom is -0.462 e. The van der Waals surface area contributed by atoms with Gasteiger partial charge in [-0.05, 0) is 19.1 Å². The van der Waals surface area contributed by atoms with E-state index in [1.54, 1.807) is 22.9 Å². The van der Waals surface area contributed by atoms with E-state index < -0.39 is 5.97 Å². The second kappa shape index (κ2) is 5.23. The Hall–Kier alpha value is -3.08. The lowest BCUT2D eigenvalue weighted by Gasteiger charge is -2.09. The number of hydrogen-bond donors (Lipinski definition) is 0. The molecule has 0 spiro atoms. The van der Waals surface area contributed by atoms with Gasteiger partial charge >= 0.3 is 11.7 Å². The smallest absolute Gasteiger partial charge is 0.340 e. The molecule has 2 aromatic carbocycles. The van der Waals surface area contributed by atoms with Gasteiger partial charge < -0.3 is 4.74 Å². The van der Waals surface area contributed by atoms with Crippen LogP contribution in [-0.2, 0) is 11.8 Å². The van der Waals surface area contributed by atoms with E-state index >= 15 is 0 Å². The number of benzene rings is 2. The molecular formula is C19H16N2O3. The normalized spacial score (nSPS) is 11.4. The second-order valence-corrected chi connectivity index (χ2v) is 5.66. The van der Waals surface area contributed by atoms with Crippen LogP contribution < -0.4 is 5.69 Å². The van der Waals surface area contributed by atoms with Crippen molar-refractivity contribution in [1.82, 2.24) is 8.97 Å². The molecule has 0 fully saturated rings. The van der Waals surface area contributed by atoms with Gasteiger partial charge in [0, 0.05) is 17.8 Å². The molecule has 5 heteroatoms. The Bertz CT molecular complexity index is 1170. The summed E-state index contributed by atoms with van der Waals surface area (Å²) in [6.45, 7) is 2.06. The van der Waals surface area contributed by atoms with Gasteiger partial charge in [-0.1, -0.05) is 36.4 Å². The maximum atomic E-state index is 12.9. The summed E-state index contributed by atoms with van der Waals surface area (Å²) in [6, 6.07) is 15.0. The molecule has 0 amide bonds.